The number of carboxylic acid groups (broad SMARTS) is 2. The third-order valence-corrected chi connectivity index (χ3v) is 5.19. The molecule has 150 valence electrons. The van der Waals surface area contributed by atoms with Gasteiger partial charge < -0.3 is 14.9 Å². The van der Waals surface area contributed by atoms with Crippen molar-refractivity contribution < 1.29 is 29.3 Å². The average Bonchev–Trinajstić information content (AvgIpc) is 2.86. The Bertz CT molecular complexity index is 820. The highest BCUT2D eigenvalue weighted by atomic mass is 32.2. The van der Waals surface area contributed by atoms with Gasteiger partial charge in [-0.1, -0.05) is 50.0 Å². The maximum Gasteiger partial charge on any atom is 0.326 e. The van der Waals surface area contributed by atoms with Crippen molar-refractivity contribution in [3.8, 4) is 5.75 Å². The third-order valence-electron chi connectivity index (χ3n) is 3.86. The number of carbonyl (C=O) groups excluding carboxylic acids is 1. The second kappa shape index (κ2) is 9.70. The Labute approximate surface area is 172 Å². The predicted molar refractivity (Wildman–Crippen MR) is 110 cm³/mol. The topological polar surface area (TPSA) is 104 Å². The van der Waals surface area contributed by atoms with Gasteiger partial charge in [0.15, 0.2) is 0 Å². The summed E-state index contributed by atoms with van der Waals surface area (Å²) in [4.78, 5) is 36.5. The summed E-state index contributed by atoms with van der Waals surface area (Å²) in [6.07, 6.45) is 1.81. The number of hydrogen-bond acceptors (Lipinski definition) is 6. The van der Waals surface area contributed by atoms with Crippen molar-refractivity contribution in [3.05, 3.63) is 34.7 Å². The van der Waals surface area contributed by atoms with E-state index in [4.69, 9.17) is 22.1 Å². The lowest BCUT2D eigenvalue weighted by molar-refractivity contribution is -0.145. The Hall–Kier alpha value is -2.39. The van der Waals surface area contributed by atoms with E-state index in [0.29, 0.717) is 22.6 Å². The van der Waals surface area contributed by atoms with Crippen molar-refractivity contribution in [2.24, 2.45) is 5.92 Å². The van der Waals surface area contributed by atoms with Crippen LogP contribution in [0.1, 0.15) is 32.3 Å². The van der Waals surface area contributed by atoms with E-state index in [-0.39, 0.29) is 23.3 Å². The van der Waals surface area contributed by atoms with Crippen LogP contribution in [0.2, 0.25) is 0 Å². The molecule has 1 fully saturated rings. The highest BCUT2D eigenvalue weighted by Crippen LogP contribution is 2.35. The van der Waals surface area contributed by atoms with Gasteiger partial charge in [-0.3, -0.25) is 14.5 Å². The van der Waals surface area contributed by atoms with Crippen LogP contribution in [0, 0.1) is 5.92 Å². The highest BCUT2D eigenvalue weighted by molar-refractivity contribution is 8.26. The fourth-order valence-corrected chi connectivity index (χ4v) is 3.97. The van der Waals surface area contributed by atoms with Gasteiger partial charge in [0.25, 0.3) is 5.91 Å². The zero-order valence-corrected chi connectivity index (χ0v) is 17.1. The zero-order valence-electron chi connectivity index (χ0n) is 15.5. The number of carboxylic acids is 2. The van der Waals surface area contributed by atoms with E-state index in [0.717, 1.165) is 11.8 Å². The molecule has 2 rings (SSSR count). The maximum atomic E-state index is 12.8. The molecule has 1 atom stereocenters. The smallest absolute Gasteiger partial charge is 0.326 e. The fourth-order valence-electron chi connectivity index (χ4n) is 2.61. The average molecular weight is 424 g/mol. The normalized spacial score (nSPS) is 16.7. The van der Waals surface area contributed by atoms with Crippen LogP contribution in [0.4, 0.5) is 0 Å². The van der Waals surface area contributed by atoms with E-state index in [1.54, 1.807) is 30.3 Å². The van der Waals surface area contributed by atoms with E-state index in [2.05, 4.69) is 0 Å². The summed E-state index contributed by atoms with van der Waals surface area (Å²) >= 11 is 6.31. The molecule has 0 aromatic heterocycles. The monoisotopic (exact) mass is 423 g/mol. The molecule has 9 heteroatoms. The van der Waals surface area contributed by atoms with Crippen LogP contribution in [0.5, 0.6) is 5.75 Å². The van der Waals surface area contributed by atoms with Crippen LogP contribution in [0.15, 0.2) is 29.2 Å². The Morgan fingerprint density at radius 3 is 2.64 bits per heavy atom. The molecular formula is C19H21NO6S2. The molecule has 1 aromatic carbocycles. The Morgan fingerprint density at radius 2 is 2.04 bits per heavy atom. The summed E-state index contributed by atoms with van der Waals surface area (Å²) in [5, 5.41) is 18.2. The van der Waals surface area contributed by atoms with Crippen molar-refractivity contribution in [1.82, 2.24) is 4.90 Å². The minimum atomic E-state index is -1.08. The lowest BCUT2D eigenvalue weighted by atomic mass is 10.0. The van der Waals surface area contributed by atoms with Crippen LogP contribution in [0.3, 0.4) is 0 Å². The SMILES string of the molecule is CC(C)CC(C(=O)O)N1C(=O)/C(=C/c2cccc(OCCC(=O)O)c2)SC1=S. The van der Waals surface area contributed by atoms with Gasteiger partial charge in [-0.15, -0.1) is 0 Å². The molecule has 2 N–H and O–H groups in total. The summed E-state index contributed by atoms with van der Waals surface area (Å²) in [5.74, 6) is -1.89. The van der Waals surface area contributed by atoms with Crippen LogP contribution >= 0.6 is 24.0 Å². The Balaban J connectivity index is 2.19. The maximum absolute atomic E-state index is 12.8. The predicted octanol–water partition coefficient (Wildman–Crippen LogP) is 3.24. The lowest BCUT2D eigenvalue weighted by Gasteiger charge is -2.24. The Kier molecular flexibility index (Phi) is 7.59. The second-order valence-corrected chi connectivity index (χ2v) is 8.28. The fraction of sp³-hybridized carbons (Fsp3) is 0.368. The first-order chi connectivity index (χ1) is 13.2. The number of hydrogen-bond donors (Lipinski definition) is 2. The number of rotatable bonds is 9. The van der Waals surface area contributed by atoms with Gasteiger partial charge in [0, 0.05) is 0 Å². The second-order valence-electron chi connectivity index (χ2n) is 6.60. The van der Waals surface area contributed by atoms with Gasteiger partial charge in [-0.2, -0.15) is 0 Å². The zero-order chi connectivity index (χ0) is 20.8. The molecule has 0 spiro atoms. The van der Waals surface area contributed by atoms with Gasteiger partial charge in [0.05, 0.1) is 17.9 Å². The molecule has 1 aliphatic rings. The van der Waals surface area contributed by atoms with Gasteiger partial charge in [0.2, 0.25) is 0 Å². The first-order valence-corrected chi connectivity index (χ1v) is 9.86. The largest absolute Gasteiger partial charge is 0.493 e. The number of ether oxygens (including phenoxy) is 1. The summed E-state index contributed by atoms with van der Waals surface area (Å²) in [7, 11) is 0. The molecular weight excluding hydrogens is 402 g/mol. The molecule has 1 aliphatic heterocycles. The van der Waals surface area contributed by atoms with Crippen LogP contribution in [0.25, 0.3) is 6.08 Å². The number of amides is 1. The van der Waals surface area contributed by atoms with Crippen LogP contribution in [-0.2, 0) is 14.4 Å². The van der Waals surface area contributed by atoms with E-state index < -0.39 is 23.9 Å². The number of thiocarbonyl (C=S) groups is 1. The van der Waals surface area contributed by atoms with Gasteiger partial charge in [-0.05, 0) is 36.1 Å². The van der Waals surface area contributed by atoms with Crippen molar-refractivity contribution in [1.29, 1.82) is 0 Å². The molecule has 0 bridgehead atoms. The van der Waals surface area contributed by atoms with E-state index in [1.807, 2.05) is 13.8 Å². The van der Waals surface area contributed by atoms with Gasteiger partial charge >= 0.3 is 11.9 Å². The standard InChI is InChI=1S/C19H21NO6S2/c1-11(2)8-14(18(24)25)20-17(23)15(28-19(20)27)10-12-4-3-5-13(9-12)26-7-6-16(21)22/h3-5,9-11,14H,6-8H2,1-2H3,(H,21,22)(H,24,25)/b15-10-. The minimum absolute atomic E-state index is 0.0381. The number of aliphatic carboxylic acids is 2. The summed E-state index contributed by atoms with van der Waals surface area (Å²) in [5.41, 5.74) is 0.670. The van der Waals surface area contributed by atoms with Crippen molar-refractivity contribution in [3.63, 3.8) is 0 Å². The number of benzene rings is 1. The summed E-state index contributed by atoms with van der Waals surface area (Å²) in [6.45, 7) is 3.81. The van der Waals surface area contributed by atoms with Crippen LogP contribution < -0.4 is 4.74 Å². The molecule has 1 saturated heterocycles. The van der Waals surface area contributed by atoms with Crippen molar-refractivity contribution in [2.45, 2.75) is 32.7 Å². The number of nitrogens with zero attached hydrogens (tertiary/aromatic N) is 1. The molecule has 7 nitrogen and oxygen atoms in total. The highest BCUT2D eigenvalue weighted by Gasteiger charge is 2.40. The third kappa shape index (κ3) is 5.80. The van der Waals surface area contributed by atoms with E-state index >= 15 is 0 Å². The molecule has 28 heavy (non-hydrogen) atoms. The van der Waals surface area contributed by atoms with Gasteiger partial charge in [-0.25, -0.2) is 4.79 Å². The molecule has 1 aromatic rings. The summed E-state index contributed by atoms with van der Waals surface area (Å²) in [6, 6.07) is 5.86. The van der Waals surface area contributed by atoms with Crippen LogP contribution in [-0.4, -0.2) is 49.9 Å². The molecule has 1 heterocycles. The van der Waals surface area contributed by atoms with E-state index in [1.165, 1.54) is 4.90 Å². The van der Waals surface area contributed by atoms with Crippen molar-refractivity contribution in [2.75, 3.05) is 6.61 Å². The lowest BCUT2D eigenvalue weighted by Crippen LogP contribution is -2.44. The first-order valence-electron chi connectivity index (χ1n) is 8.63. The number of thioether (sulfide) groups is 1. The Morgan fingerprint density at radius 1 is 1.32 bits per heavy atom. The molecule has 0 radical (unpaired) electrons. The van der Waals surface area contributed by atoms with E-state index in [9.17, 15) is 19.5 Å². The number of carbonyl (C=O) groups is 3. The quantitative estimate of drug-likeness (QED) is 0.461. The van der Waals surface area contributed by atoms with Gasteiger partial charge in [0.1, 0.15) is 16.1 Å². The van der Waals surface area contributed by atoms with Crippen molar-refractivity contribution >= 4 is 52.2 Å². The summed E-state index contributed by atoms with van der Waals surface area (Å²) < 4.78 is 5.61. The first kappa shape index (κ1) is 21.9. The molecule has 0 saturated carbocycles. The molecule has 0 aliphatic carbocycles. The molecule has 1 amide bonds. The molecule has 1 unspecified atom stereocenters. The minimum Gasteiger partial charge on any atom is -0.493 e.